The summed E-state index contributed by atoms with van der Waals surface area (Å²) in [6, 6.07) is 5.35. The van der Waals surface area contributed by atoms with Crippen LogP contribution in [0.25, 0.3) is 0 Å². The summed E-state index contributed by atoms with van der Waals surface area (Å²) in [6.45, 7) is 3.88. The number of ether oxygens (including phenoxy) is 1. The molecule has 6 nitrogen and oxygen atoms in total. The third-order valence-corrected chi connectivity index (χ3v) is 2.84. The third kappa shape index (κ3) is 4.55. The first-order valence-electron chi connectivity index (χ1n) is 6.40. The summed E-state index contributed by atoms with van der Waals surface area (Å²) in [5.74, 6) is 0.0827. The van der Waals surface area contributed by atoms with E-state index in [0.29, 0.717) is 24.5 Å². The molecule has 0 aromatic heterocycles. The van der Waals surface area contributed by atoms with E-state index in [1.807, 2.05) is 6.07 Å². The molecule has 0 saturated carbocycles. The number of anilines is 1. The summed E-state index contributed by atoms with van der Waals surface area (Å²) in [7, 11) is 1.53. The van der Waals surface area contributed by atoms with Gasteiger partial charge in [0, 0.05) is 25.9 Å². The standard InChI is InChI=1S/C14H21N3O3/c1-9(7-15)14(19)16-8-11-4-5-13(20-3)12(6-11)17-10(2)18/h4-6,9H,7-8,15H2,1-3H3,(H,16,19)(H,17,18). The van der Waals surface area contributed by atoms with Crippen LogP contribution in [0.5, 0.6) is 5.75 Å². The number of amides is 2. The average Bonchev–Trinajstić information content (AvgIpc) is 2.43. The second-order valence-corrected chi connectivity index (χ2v) is 4.57. The minimum atomic E-state index is -0.219. The van der Waals surface area contributed by atoms with Crippen LogP contribution in [0.3, 0.4) is 0 Å². The highest BCUT2D eigenvalue weighted by Crippen LogP contribution is 2.25. The Balaban J connectivity index is 2.76. The molecule has 1 aromatic rings. The lowest BCUT2D eigenvalue weighted by molar-refractivity contribution is -0.124. The molecule has 110 valence electrons. The lowest BCUT2D eigenvalue weighted by Gasteiger charge is -2.13. The van der Waals surface area contributed by atoms with E-state index in [9.17, 15) is 9.59 Å². The molecule has 0 fully saturated rings. The van der Waals surface area contributed by atoms with Gasteiger partial charge in [0.05, 0.1) is 12.8 Å². The van der Waals surface area contributed by atoms with Crippen molar-refractivity contribution in [3.8, 4) is 5.75 Å². The van der Waals surface area contributed by atoms with Crippen molar-refractivity contribution in [1.29, 1.82) is 0 Å². The molecular formula is C14H21N3O3. The smallest absolute Gasteiger partial charge is 0.224 e. The van der Waals surface area contributed by atoms with Crippen molar-refractivity contribution in [3.63, 3.8) is 0 Å². The van der Waals surface area contributed by atoms with Gasteiger partial charge >= 0.3 is 0 Å². The molecule has 0 spiro atoms. The van der Waals surface area contributed by atoms with Gasteiger partial charge in [0.2, 0.25) is 11.8 Å². The zero-order valence-electron chi connectivity index (χ0n) is 12.0. The summed E-state index contributed by atoms with van der Waals surface area (Å²) in [5, 5.41) is 5.48. The first-order valence-corrected chi connectivity index (χ1v) is 6.40. The van der Waals surface area contributed by atoms with Crippen molar-refractivity contribution in [2.75, 3.05) is 19.0 Å². The molecule has 1 aromatic carbocycles. The number of nitrogens with two attached hydrogens (primary N) is 1. The van der Waals surface area contributed by atoms with Gasteiger partial charge in [-0.15, -0.1) is 0 Å². The van der Waals surface area contributed by atoms with E-state index in [0.717, 1.165) is 5.56 Å². The van der Waals surface area contributed by atoms with E-state index in [1.54, 1.807) is 19.1 Å². The highest BCUT2D eigenvalue weighted by Gasteiger charge is 2.11. The van der Waals surface area contributed by atoms with Crippen LogP contribution in [0.4, 0.5) is 5.69 Å². The number of hydrogen-bond acceptors (Lipinski definition) is 4. The third-order valence-electron chi connectivity index (χ3n) is 2.84. The first-order chi connectivity index (χ1) is 9.47. The van der Waals surface area contributed by atoms with Crippen molar-refractivity contribution < 1.29 is 14.3 Å². The molecule has 0 saturated heterocycles. The minimum Gasteiger partial charge on any atom is -0.495 e. The van der Waals surface area contributed by atoms with Gasteiger partial charge in [-0.05, 0) is 17.7 Å². The largest absolute Gasteiger partial charge is 0.495 e. The van der Waals surface area contributed by atoms with Crippen molar-refractivity contribution in [3.05, 3.63) is 23.8 Å². The van der Waals surface area contributed by atoms with E-state index < -0.39 is 0 Å². The molecule has 0 heterocycles. The van der Waals surface area contributed by atoms with Crippen LogP contribution in [0.15, 0.2) is 18.2 Å². The molecular weight excluding hydrogens is 258 g/mol. The predicted molar refractivity (Wildman–Crippen MR) is 77.4 cm³/mol. The molecule has 1 rings (SSSR count). The molecule has 4 N–H and O–H groups in total. The van der Waals surface area contributed by atoms with Crippen molar-refractivity contribution in [2.24, 2.45) is 11.7 Å². The fraction of sp³-hybridized carbons (Fsp3) is 0.429. The fourth-order valence-electron chi connectivity index (χ4n) is 1.62. The average molecular weight is 279 g/mol. The number of hydrogen-bond donors (Lipinski definition) is 3. The molecule has 0 aliphatic carbocycles. The van der Waals surface area contributed by atoms with Gasteiger partial charge in [-0.1, -0.05) is 13.0 Å². The monoisotopic (exact) mass is 279 g/mol. The Morgan fingerprint density at radius 2 is 2.10 bits per heavy atom. The summed E-state index contributed by atoms with van der Waals surface area (Å²) >= 11 is 0. The van der Waals surface area contributed by atoms with Gasteiger partial charge in [-0.2, -0.15) is 0 Å². The Morgan fingerprint density at radius 1 is 1.40 bits per heavy atom. The van der Waals surface area contributed by atoms with Gasteiger partial charge < -0.3 is 21.1 Å². The predicted octanol–water partition coefficient (Wildman–Crippen LogP) is 0.865. The summed E-state index contributed by atoms with van der Waals surface area (Å²) in [5.41, 5.74) is 6.88. The Labute approximate surface area is 118 Å². The number of benzene rings is 1. The van der Waals surface area contributed by atoms with E-state index in [4.69, 9.17) is 10.5 Å². The van der Waals surface area contributed by atoms with Gasteiger partial charge in [0.1, 0.15) is 5.75 Å². The maximum Gasteiger partial charge on any atom is 0.224 e. The van der Waals surface area contributed by atoms with Crippen LogP contribution in [0.1, 0.15) is 19.4 Å². The van der Waals surface area contributed by atoms with Gasteiger partial charge in [-0.3, -0.25) is 9.59 Å². The number of rotatable bonds is 6. The van der Waals surface area contributed by atoms with Crippen LogP contribution in [0.2, 0.25) is 0 Å². The zero-order chi connectivity index (χ0) is 15.1. The Morgan fingerprint density at radius 3 is 2.65 bits per heavy atom. The normalized spacial score (nSPS) is 11.6. The van der Waals surface area contributed by atoms with Crippen molar-refractivity contribution >= 4 is 17.5 Å². The minimum absolute atomic E-state index is 0.0932. The van der Waals surface area contributed by atoms with Gasteiger partial charge in [-0.25, -0.2) is 0 Å². The highest BCUT2D eigenvalue weighted by atomic mass is 16.5. The maximum atomic E-state index is 11.6. The number of carbonyl (C=O) groups excluding carboxylic acids is 2. The quantitative estimate of drug-likeness (QED) is 0.720. The van der Waals surface area contributed by atoms with Gasteiger partial charge in [0.15, 0.2) is 0 Å². The molecule has 0 aliphatic heterocycles. The molecule has 0 radical (unpaired) electrons. The summed E-state index contributed by atoms with van der Waals surface area (Å²) < 4.78 is 5.16. The highest BCUT2D eigenvalue weighted by molar-refractivity contribution is 5.90. The maximum absolute atomic E-state index is 11.6. The van der Waals surface area contributed by atoms with Crippen LogP contribution in [0, 0.1) is 5.92 Å². The SMILES string of the molecule is COc1ccc(CNC(=O)C(C)CN)cc1NC(C)=O. The van der Waals surface area contributed by atoms with Gasteiger partial charge in [0.25, 0.3) is 0 Å². The molecule has 2 amide bonds. The second-order valence-electron chi connectivity index (χ2n) is 4.57. The summed E-state index contributed by atoms with van der Waals surface area (Å²) in [6.07, 6.45) is 0. The second kappa shape index (κ2) is 7.49. The van der Waals surface area contributed by atoms with E-state index in [-0.39, 0.29) is 17.7 Å². The molecule has 20 heavy (non-hydrogen) atoms. The molecule has 1 atom stereocenters. The first kappa shape index (κ1) is 16.0. The van der Waals surface area contributed by atoms with Crippen LogP contribution >= 0.6 is 0 Å². The Bertz CT molecular complexity index is 489. The van der Waals surface area contributed by atoms with Crippen LogP contribution in [-0.2, 0) is 16.1 Å². The molecule has 0 aliphatic rings. The van der Waals surface area contributed by atoms with E-state index >= 15 is 0 Å². The number of methoxy groups -OCH3 is 1. The Hall–Kier alpha value is -2.08. The van der Waals surface area contributed by atoms with E-state index in [2.05, 4.69) is 10.6 Å². The van der Waals surface area contributed by atoms with Crippen molar-refractivity contribution in [1.82, 2.24) is 5.32 Å². The number of carbonyl (C=O) groups is 2. The Kier molecular flexibility index (Phi) is 5.99. The fourth-order valence-corrected chi connectivity index (χ4v) is 1.62. The lowest BCUT2D eigenvalue weighted by Crippen LogP contribution is -2.32. The van der Waals surface area contributed by atoms with Crippen molar-refractivity contribution in [2.45, 2.75) is 20.4 Å². The van der Waals surface area contributed by atoms with E-state index in [1.165, 1.54) is 14.0 Å². The van der Waals surface area contributed by atoms with Crippen LogP contribution < -0.4 is 21.1 Å². The molecule has 0 bridgehead atoms. The topological polar surface area (TPSA) is 93.4 Å². The molecule has 1 unspecified atom stereocenters. The zero-order valence-corrected chi connectivity index (χ0v) is 12.0. The number of nitrogens with one attached hydrogen (secondary N) is 2. The lowest BCUT2D eigenvalue weighted by atomic mass is 10.1. The summed E-state index contributed by atoms with van der Waals surface area (Å²) in [4.78, 5) is 22.8. The molecule has 6 heteroatoms. The van der Waals surface area contributed by atoms with Crippen LogP contribution in [-0.4, -0.2) is 25.5 Å².